The van der Waals surface area contributed by atoms with Crippen molar-refractivity contribution < 1.29 is 14.3 Å². The van der Waals surface area contributed by atoms with E-state index in [1.165, 1.54) is 5.56 Å². The van der Waals surface area contributed by atoms with Crippen LogP contribution < -0.4 is 0 Å². The maximum absolute atomic E-state index is 11.6. The van der Waals surface area contributed by atoms with Crippen LogP contribution in [0.4, 0.5) is 0 Å². The molecule has 1 saturated heterocycles. The van der Waals surface area contributed by atoms with Crippen LogP contribution >= 0.6 is 0 Å². The van der Waals surface area contributed by atoms with Crippen LogP contribution in [0.3, 0.4) is 0 Å². The number of aryl methyl sites for hydroxylation is 1. The van der Waals surface area contributed by atoms with E-state index in [1.807, 2.05) is 25.1 Å². The minimum atomic E-state index is -0.620. The topological polar surface area (TPSA) is 38.8 Å². The fourth-order valence-electron chi connectivity index (χ4n) is 1.94. The molecule has 1 heterocycles. The summed E-state index contributed by atoms with van der Waals surface area (Å²) in [6, 6.07) is 10.3. The molecule has 0 saturated carbocycles. The Morgan fingerprint density at radius 1 is 1.41 bits per heavy atom. The molecule has 17 heavy (non-hydrogen) atoms. The SMILES string of the molecule is CCOC(=O)[C@@]1(CCCc2ccccc2)CO1. The van der Waals surface area contributed by atoms with E-state index in [2.05, 4.69) is 12.1 Å². The number of epoxide rings is 1. The number of carbonyl (C=O) groups is 1. The second kappa shape index (κ2) is 5.32. The van der Waals surface area contributed by atoms with Crippen LogP contribution in [0.5, 0.6) is 0 Å². The average Bonchev–Trinajstić information content (AvgIpc) is 3.12. The molecule has 1 fully saturated rings. The molecule has 1 aliphatic heterocycles. The highest BCUT2D eigenvalue weighted by Crippen LogP contribution is 2.34. The third kappa shape index (κ3) is 3.07. The van der Waals surface area contributed by atoms with Gasteiger partial charge in [0.05, 0.1) is 13.2 Å². The highest BCUT2D eigenvalue weighted by Gasteiger charge is 2.52. The zero-order chi connectivity index (χ0) is 12.1. The van der Waals surface area contributed by atoms with E-state index < -0.39 is 5.60 Å². The predicted octanol–water partition coefficient (Wildman–Crippen LogP) is 2.34. The maximum Gasteiger partial charge on any atom is 0.340 e. The summed E-state index contributed by atoms with van der Waals surface area (Å²) >= 11 is 0. The molecule has 0 unspecified atom stereocenters. The van der Waals surface area contributed by atoms with E-state index in [9.17, 15) is 4.79 Å². The number of hydrogen-bond donors (Lipinski definition) is 0. The summed E-state index contributed by atoms with van der Waals surface area (Å²) < 4.78 is 10.3. The molecule has 0 aromatic heterocycles. The highest BCUT2D eigenvalue weighted by atomic mass is 16.6. The third-order valence-corrected chi connectivity index (χ3v) is 3.03. The molecule has 92 valence electrons. The maximum atomic E-state index is 11.6. The lowest BCUT2D eigenvalue weighted by atomic mass is 10.0. The van der Waals surface area contributed by atoms with Gasteiger partial charge < -0.3 is 9.47 Å². The van der Waals surface area contributed by atoms with Crippen molar-refractivity contribution in [1.82, 2.24) is 0 Å². The van der Waals surface area contributed by atoms with Crippen molar-refractivity contribution in [3.05, 3.63) is 35.9 Å². The molecule has 1 atom stereocenters. The van der Waals surface area contributed by atoms with Crippen molar-refractivity contribution in [2.24, 2.45) is 0 Å². The minimum Gasteiger partial charge on any atom is -0.464 e. The normalized spacial score (nSPS) is 22.2. The molecule has 0 bridgehead atoms. The van der Waals surface area contributed by atoms with Gasteiger partial charge in [-0.3, -0.25) is 0 Å². The molecule has 3 heteroatoms. The number of benzene rings is 1. The van der Waals surface area contributed by atoms with Gasteiger partial charge in [-0.25, -0.2) is 4.79 Å². The number of carbonyl (C=O) groups excluding carboxylic acids is 1. The molecular formula is C14H18O3. The summed E-state index contributed by atoms with van der Waals surface area (Å²) in [5.74, 6) is -0.201. The van der Waals surface area contributed by atoms with E-state index in [4.69, 9.17) is 9.47 Å². The van der Waals surface area contributed by atoms with Gasteiger partial charge in [0.1, 0.15) is 0 Å². The lowest BCUT2D eigenvalue weighted by Gasteiger charge is -2.10. The molecule has 1 aliphatic rings. The zero-order valence-electron chi connectivity index (χ0n) is 10.1. The zero-order valence-corrected chi connectivity index (χ0v) is 10.1. The van der Waals surface area contributed by atoms with Crippen molar-refractivity contribution >= 4 is 5.97 Å². The van der Waals surface area contributed by atoms with Crippen molar-refractivity contribution in [2.45, 2.75) is 31.8 Å². The summed E-state index contributed by atoms with van der Waals surface area (Å²) in [7, 11) is 0. The molecule has 2 rings (SSSR count). The van der Waals surface area contributed by atoms with Crippen LogP contribution in [0.2, 0.25) is 0 Å². The Kier molecular flexibility index (Phi) is 3.79. The van der Waals surface area contributed by atoms with Gasteiger partial charge in [0.15, 0.2) is 5.60 Å². The summed E-state index contributed by atoms with van der Waals surface area (Å²) in [6.07, 6.45) is 2.68. The fourth-order valence-corrected chi connectivity index (χ4v) is 1.94. The van der Waals surface area contributed by atoms with E-state index in [-0.39, 0.29) is 5.97 Å². The van der Waals surface area contributed by atoms with Crippen LogP contribution in [0.1, 0.15) is 25.3 Å². The van der Waals surface area contributed by atoms with E-state index >= 15 is 0 Å². The van der Waals surface area contributed by atoms with E-state index in [0.717, 1.165) is 19.3 Å². The summed E-state index contributed by atoms with van der Waals surface area (Å²) in [4.78, 5) is 11.6. The van der Waals surface area contributed by atoms with Gasteiger partial charge in [0, 0.05) is 0 Å². The Morgan fingerprint density at radius 3 is 2.71 bits per heavy atom. The first-order valence-electron chi connectivity index (χ1n) is 6.12. The van der Waals surface area contributed by atoms with Crippen molar-refractivity contribution in [2.75, 3.05) is 13.2 Å². The number of hydrogen-bond acceptors (Lipinski definition) is 3. The van der Waals surface area contributed by atoms with Gasteiger partial charge in [-0.05, 0) is 31.7 Å². The number of rotatable bonds is 6. The van der Waals surface area contributed by atoms with Crippen LogP contribution in [-0.2, 0) is 20.7 Å². The molecular weight excluding hydrogens is 216 g/mol. The van der Waals surface area contributed by atoms with Crippen LogP contribution in [0, 0.1) is 0 Å². The number of ether oxygens (including phenoxy) is 2. The molecule has 0 spiro atoms. The van der Waals surface area contributed by atoms with Gasteiger partial charge >= 0.3 is 5.97 Å². The number of esters is 1. The average molecular weight is 234 g/mol. The highest BCUT2D eigenvalue weighted by molar-refractivity contribution is 5.82. The monoisotopic (exact) mass is 234 g/mol. The molecule has 1 aromatic carbocycles. The molecule has 1 aromatic rings. The van der Waals surface area contributed by atoms with Crippen LogP contribution in [0.25, 0.3) is 0 Å². The van der Waals surface area contributed by atoms with Crippen molar-refractivity contribution in [1.29, 1.82) is 0 Å². The first-order valence-corrected chi connectivity index (χ1v) is 6.12. The first-order chi connectivity index (χ1) is 8.27. The second-order valence-corrected chi connectivity index (χ2v) is 4.34. The Bertz CT molecular complexity index is 368. The molecule has 3 nitrogen and oxygen atoms in total. The van der Waals surface area contributed by atoms with Crippen LogP contribution in [0.15, 0.2) is 30.3 Å². The summed E-state index contributed by atoms with van der Waals surface area (Å²) in [5.41, 5.74) is 0.678. The Hall–Kier alpha value is -1.35. The van der Waals surface area contributed by atoms with E-state index in [1.54, 1.807) is 0 Å². The van der Waals surface area contributed by atoms with E-state index in [0.29, 0.717) is 13.2 Å². The van der Waals surface area contributed by atoms with Gasteiger partial charge in [0.2, 0.25) is 0 Å². The lowest BCUT2D eigenvalue weighted by Crippen LogP contribution is -2.27. The lowest BCUT2D eigenvalue weighted by molar-refractivity contribution is -0.149. The third-order valence-electron chi connectivity index (χ3n) is 3.03. The van der Waals surface area contributed by atoms with Crippen LogP contribution in [-0.4, -0.2) is 24.8 Å². The Morgan fingerprint density at radius 2 is 2.12 bits per heavy atom. The summed E-state index contributed by atoms with van der Waals surface area (Å²) in [5, 5.41) is 0. The van der Waals surface area contributed by atoms with Gasteiger partial charge in [-0.2, -0.15) is 0 Å². The first kappa shape index (κ1) is 12.1. The predicted molar refractivity (Wildman–Crippen MR) is 64.7 cm³/mol. The second-order valence-electron chi connectivity index (χ2n) is 4.34. The smallest absolute Gasteiger partial charge is 0.340 e. The quantitative estimate of drug-likeness (QED) is 0.560. The van der Waals surface area contributed by atoms with Gasteiger partial charge in [-0.15, -0.1) is 0 Å². The Balaban J connectivity index is 1.77. The Labute approximate surface area is 102 Å². The standard InChI is InChI=1S/C14H18O3/c1-2-16-13(15)14(11-17-14)10-6-9-12-7-4-3-5-8-12/h3-5,7-8H,2,6,9-11H2,1H3/t14-/m1/s1. The molecule has 0 radical (unpaired) electrons. The molecule has 0 aliphatic carbocycles. The van der Waals surface area contributed by atoms with Gasteiger partial charge in [-0.1, -0.05) is 30.3 Å². The van der Waals surface area contributed by atoms with Crippen molar-refractivity contribution in [3.63, 3.8) is 0 Å². The summed E-state index contributed by atoms with van der Waals surface area (Å²) in [6.45, 7) is 2.75. The van der Waals surface area contributed by atoms with Gasteiger partial charge in [0.25, 0.3) is 0 Å². The fraction of sp³-hybridized carbons (Fsp3) is 0.500. The molecule has 0 N–H and O–H groups in total. The largest absolute Gasteiger partial charge is 0.464 e. The minimum absolute atomic E-state index is 0.201. The van der Waals surface area contributed by atoms with Crippen molar-refractivity contribution in [3.8, 4) is 0 Å². The molecule has 0 amide bonds.